The topological polar surface area (TPSA) is 163 Å². The zero-order valence-corrected chi connectivity index (χ0v) is 19.4. The second-order valence-electron chi connectivity index (χ2n) is 7.41. The van der Waals surface area contributed by atoms with Gasteiger partial charge in [-0.2, -0.15) is 0 Å². The molecule has 1 aromatic heterocycles. The number of methoxy groups -OCH3 is 1. The number of nitro benzene ring substituents is 1. The van der Waals surface area contributed by atoms with Crippen LogP contribution < -0.4 is 10.6 Å². The van der Waals surface area contributed by atoms with Crippen LogP contribution in [-0.4, -0.2) is 46.5 Å². The van der Waals surface area contributed by atoms with E-state index in [1.807, 2.05) is 0 Å². The molecule has 35 heavy (non-hydrogen) atoms. The molecule has 182 valence electrons. The highest BCUT2D eigenvalue weighted by Gasteiger charge is 2.38. The summed E-state index contributed by atoms with van der Waals surface area (Å²) < 4.78 is 9.91. The van der Waals surface area contributed by atoms with E-state index >= 15 is 0 Å². The maximum absolute atomic E-state index is 13.5. The molecule has 0 aliphatic carbocycles. The van der Waals surface area contributed by atoms with Gasteiger partial charge in [-0.15, -0.1) is 0 Å². The van der Waals surface area contributed by atoms with Gasteiger partial charge in [0.1, 0.15) is 0 Å². The van der Waals surface area contributed by atoms with Crippen molar-refractivity contribution in [2.24, 2.45) is 0 Å². The molecule has 1 amide bonds. The molecule has 0 fully saturated rings. The smallest absolute Gasteiger partial charge is 0.360 e. The van der Waals surface area contributed by atoms with Crippen molar-refractivity contribution in [3.05, 3.63) is 80.6 Å². The molecule has 0 saturated carbocycles. The van der Waals surface area contributed by atoms with Crippen molar-refractivity contribution in [3.63, 3.8) is 0 Å². The van der Waals surface area contributed by atoms with Crippen LogP contribution in [0.1, 0.15) is 42.7 Å². The molecule has 2 heterocycles. The number of rotatable bonds is 7. The highest BCUT2D eigenvalue weighted by Crippen LogP contribution is 2.40. The minimum atomic E-state index is -1.01. The van der Waals surface area contributed by atoms with Crippen molar-refractivity contribution in [1.29, 1.82) is 0 Å². The highest BCUT2D eigenvalue weighted by atomic mass is 16.6. The average Bonchev–Trinajstić information content (AvgIpc) is 2.83. The minimum Gasteiger partial charge on any atom is -0.466 e. The number of benzene rings is 1. The number of esters is 2. The first-order valence-corrected chi connectivity index (χ1v) is 10.5. The zero-order valence-electron chi connectivity index (χ0n) is 19.4. The van der Waals surface area contributed by atoms with E-state index in [1.165, 1.54) is 37.7 Å². The number of nitrogens with one attached hydrogen (secondary N) is 2. The lowest BCUT2D eigenvalue weighted by Gasteiger charge is -2.30. The lowest BCUT2D eigenvalue weighted by molar-refractivity contribution is -0.384. The van der Waals surface area contributed by atoms with Gasteiger partial charge in [0.05, 0.1) is 30.1 Å². The third-order valence-electron chi connectivity index (χ3n) is 5.22. The summed E-state index contributed by atoms with van der Waals surface area (Å²) in [6.07, 6.45) is 2.57. The highest BCUT2D eigenvalue weighted by molar-refractivity contribution is 6.09. The molecule has 0 bridgehead atoms. The number of nitrogens with zero attached hydrogens (tertiary/aromatic N) is 3. The summed E-state index contributed by atoms with van der Waals surface area (Å²) in [6.45, 7) is 4.98. The van der Waals surface area contributed by atoms with Gasteiger partial charge in [-0.1, -0.05) is 12.1 Å². The molecule has 1 aromatic carbocycles. The summed E-state index contributed by atoms with van der Waals surface area (Å²) >= 11 is 0. The lowest BCUT2D eigenvalue weighted by atomic mass is 9.80. The van der Waals surface area contributed by atoms with Crippen LogP contribution in [0.15, 0.2) is 59.2 Å². The van der Waals surface area contributed by atoms with Crippen LogP contribution in [0.4, 0.5) is 11.5 Å². The Hall–Kier alpha value is -4.61. The summed E-state index contributed by atoms with van der Waals surface area (Å²) in [5, 5.41) is 16.9. The van der Waals surface area contributed by atoms with E-state index in [0.717, 1.165) is 0 Å². The van der Waals surface area contributed by atoms with Gasteiger partial charge in [0.2, 0.25) is 0 Å². The van der Waals surface area contributed by atoms with Gasteiger partial charge < -0.3 is 20.1 Å². The van der Waals surface area contributed by atoms with Crippen molar-refractivity contribution in [3.8, 4) is 0 Å². The number of anilines is 1. The van der Waals surface area contributed by atoms with Crippen molar-refractivity contribution >= 4 is 29.4 Å². The molecule has 12 heteroatoms. The summed E-state index contributed by atoms with van der Waals surface area (Å²) in [5.74, 6) is -3.33. The number of ether oxygens (including phenoxy) is 2. The second kappa shape index (κ2) is 10.5. The fraction of sp³-hybridized carbons (Fsp3) is 0.261. The monoisotopic (exact) mass is 481 g/mol. The van der Waals surface area contributed by atoms with E-state index in [1.54, 1.807) is 26.8 Å². The molecule has 2 N–H and O–H groups in total. The predicted molar refractivity (Wildman–Crippen MR) is 123 cm³/mol. The van der Waals surface area contributed by atoms with Crippen LogP contribution in [-0.2, 0) is 19.1 Å². The number of non-ortho nitro benzene ring substituents is 1. The summed E-state index contributed by atoms with van der Waals surface area (Å²) in [4.78, 5) is 57.3. The van der Waals surface area contributed by atoms with Crippen LogP contribution in [0.5, 0.6) is 0 Å². The van der Waals surface area contributed by atoms with Gasteiger partial charge in [0.15, 0.2) is 11.5 Å². The number of nitro groups is 1. The normalized spacial score (nSPS) is 15.3. The van der Waals surface area contributed by atoms with Crippen LogP contribution in [0, 0.1) is 10.1 Å². The van der Waals surface area contributed by atoms with Crippen molar-refractivity contribution < 1.29 is 28.8 Å². The molecule has 1 aliphatic heterocycles. The quantitative estimate of drug-likeness (QED) is 0.341. The van der Waals surface area contributed by atoms with E-state index in [-0.39, 0.29) is 35.0 Å². The van der Waals surface area contributed by atoms with E-state index in [4.69, 9.17) is 9.47 Å². The Balaban J connectivity index is 2.12. The lowest BCUT2D eigenvalue weighted by Crippen LogP contribution is -2.34. The standard InChI is InChI=1S/C23H23N5O7/c1-5-35-23(31)19-20(25-10-9-24-19)27-21(29)16-12(2)26-13(3)17(22(30)34-4)18(16)14-7-6-8-15(11-14)28(32)33/h6-11,18,26H,5H2,1-4H3,(H,25,27,29). The largest absolute Gasteiger partial charge is 0.466 e. The summed E-state index contributed by atoms with van der Waals surface area (Å²) in [6, 6.07) is 5.64. The number of hydrogen-bond donors (Lipinski definition) is 2. The van der Waals surface area contributed by atoms with Crippen LogP contribution in [0.25, 0.3) is 0 Å². The average molecular weight is 481 g/mol. The SMILES string of the molecule is CCOC(=O)c1nccnc1NC(=O)C1=C(C)NC(C)=C(C(=O)OC)C1c1cccc([N+](=O)[O-])c1. The Morgan fingerprint density at radius 3 is 2.46 bits per heavy atom. The van der Waals surface area contributed by atoms with Crippen molar-refractivity contribution in [2.75, 3.05) is 19.0 Å². The Morgan fingerprint density at radius 1 is 1.11 bits per heavy atom. The molecular weight excluding hydrogens is 458 g/mol. The molecule has 1 unspecified atom stereocenters. The van der Waals surface area contributed by atoms with Crippen LogP contribution >= 0.6 is 0 Å². The Kier molecular flexibility index (Phi) is 7.54. The Bertz CT molecular complexity index is 1270. The van der Waals surface area contributed by atoms with Gasteiger partial charge >= 0.3 is 11.9 Å². The maximum atomic E-state index is 13.5. The third kappa shape index (κ3) is 5.16. The zero-order chi connectivity index (χ0) is 25.7. The van der Waals surface area contributed by atoms with Crippen molar-refractivity contribution in [2.45, 2.75) is 26.7 Å². The number of dihydropyridines is 1. The fourth-order valence-electron chi connectivity index (χ4n) is 3.78. The van der Waals surface area contributed by atoms with E-state index in [0.29, 0.717) is 17.0 Å². The van der Waals surface area contributed by atoms with Crippen LogP contribution in [0.3, 0.4) is 0 Å². The first-order valence-electron chi connectivity index (χ1n) is 10.5. The number of carbonyl (C=O) groups is 3. The molecule has 3 rings (SSSR count). The fourth-order valence-corrected chi connectivity index (χ4v) is 3.78. The third-order valence-corrected chi connectivity index (χ3v) is 5.22. The van der Waals surface area contributed by atoms with Crippen molar-refractivity contribution in [1.82, 2.24) is 15.3 Å². The predicted octanol–water partition coefficient (Wildman–Crippen LogP) is 2.61. The molecule has 0 saturated heterocycles. The molecule has 0 radical (unpaired) electrons. The molecule has 1 aliphatic rings. The number of carbonyl (C=O) groups excluding carboxylic acids is 3. The summed E-state index contributed by atoms with van der Waals surface area (Å²) in [5.41, 5.74) is 0.926. The number of allylic oxidation sites excluding steroid dienone is 2. The number of aromatic nitrogens is 2. The van der Waals surface area contributed by atoms with Gasteiger partial charge in [0, 0.05) is 41.5 Å². The molecule has 2 aromatic rings. The number of amides is 1. The maximum Gasteiger partial charge on any atom is 0.360 e. The molecule has 12 nitrogen and oxygen atoms in total. The van der Waals surface area contributed by atoms with Gasteiger partial charge in [0.25, 0.3) is 11.6 Å². The van der Waals surface area contributed by atoms with Gasteiger partial charge in [-0.3, -0.25) is 14.9 Å². The number of hydrogen-bond acceptors (Lipinski definition) is 10. The minimum absolute atomic E-state index is 0.0805. The summed E-state index contributed by atoms with van der Waals surface area (Å²) in [7, 11) is 1.20. The van der Waals surface area contributed by atoms with E-state index < -0.39 is 28.7 Å². The second-order valence-corrected chi connectivity index (χ2v) is 7.41. The van der Waals surface area contributed by atoms with Gasteiger partial charge in [-0.25, -0.2) is 19.6 Å². The van der Waals surface area contributed by atoms with Crippen LogP contribution in [0.2, 0.25) is 0 Å². The Morgan fingerprint density at radius 2 is 1.80 bits per heavy atom. The van der Waals surface area contributed by atoms with E-state index in [2.05, 4.69) is 20.6 Å². The Labute approximate surface area is 200 Å². The molecule has 1 atom stereocenters. The molecular formula is C23H23N5O7. The van der Waals surface area contributed by atoms with E-state index in [9.17, 15) is 24.5 Å². The first-order chi connectivity index (χ1) is 16.7. The first kappa shape index (κ1) is 25.0. The van der Waals surface area contributed by atoms with Gasteiger partial charge in [-0.05, 0) is 26.3 Å². The molecule has 0 spiro atoms.